The van der Waals surface area contributed by atoms with Crippen LogP contribution < -0.4 is 0 Å². The number of rotatable bonds is 1. The van der Waals surface area contributed by atoms with Gasteiger partial charge in [-0.2, -0.15) is 0 Å². The monoisotopic (exact) mass is 224 g/mol. The first kappa shape index (κ1) is 8.93. The Morgan fingerprint density at radius 3 is 2.00 bits per heavy atom. The summed E-state index contributed by atoms with van der Waals surface area (Å²) < 4.78 is -1.58. The first-order valence-corrected chi connectivity index (χ1v) is 9.20. The van der Waals surface area contributed by atoms with Crippen LogP contribution in [-0.4, -0.2) is 5.16 Å². The second kappa shape index (κ2) is 2.67. The van der Waals surface area contributed by atoms with Crippen LogP contribution in [-0.2, 0) is 11.8 Å². The Kier molecular flexibility index (Phi) is 2.16. The van der Waals surface area contributed by atoms with Gasteiger partial charge in [-0.15, -0.1) is 24.5 Å². The van der Waals surface area contributed by atoms with Crippen molar-refractivity contribution in [2.75, 3.05) is 0 Å². The van der Waals surface area contributed by atoms with Crippen molar-refractivity contribution in [3.63, 3.8) is 0 Å². The molecule has 0 heterocycles. The van der Waals surface area contributed by atoms with Gasteiger partial charge in [0.15, 0.2) is 0 Å². The van der Waals surface area contributed by atoms with Gasteiger partial charge in [0.05, 0.1) is 4.44 Å². The average Bonchev–Trinajstić information content (AvgIpc) is 2.42. The Hall–Kier alpha value is 1.35. The van der Waals surface area contributed by atoms with Crippen molar-refractivity contribution in [1.29, 1.82) is 0 Å². The highest BCUT2D eigenvalue weighted by molar-refractivity contribution is 8.92. The maximum absolute atomic E-state index is 5.42. The van der Waals surface area contributed by atoms with E-state index >= 15 is 0 Å². The van der Waals surface area contributed by atoms with Crippen LogP contribution in [0.3, 0.4) is 0 Å². The van der Waals surface area contributed by atoms with E-state index in [-0.39, 0.29) is 0 Å². The van der Waals surface area contributed by atoms with Gasteiger partial charge in [0.25, 0.3) is 0 Å². The quantitative estimate of drug-likeness (QED) is 0.508. The molecule has 2 bridgehead atoms. The molecule has 2 saturated carbocycles. The molecule has 0 spiro atoms. The fraction of sp³-hybridized carbons (Fsp3) is 1.00. The summed E-state index contributed by atoms with van der Waals surface area (Å²) in [6.07, 6.45) is 6.72. The molecule has 0 saturated heterocycles. The molecule has 0 aromatic carbocycles. The topological polar surface area (TPSA) is 0 Å². The SMILES string of the molecule is S=P(S)(S)C12CCC(CC1)C2. The second-order valence-electron chi connectivity index (χ2n) is 3.92. The second-order valence-corrected chi connectivity index (χ2v) is 13.8. The lowest BCUT2D eigenvalue weighted by Gasteiger charge is -2.32. The summed E-state index contributed by atoms with van der Waals surface area (Å²) in [5, 5.41) is 0.402. The summed E-state index contributed by atoms with van der Waals surface area (Å²) >= 11 is 14.5. The predicted octanol–water partition coefficient (Wildman–Crippen LogP) is 3.49. The number of fused-ring (bicyclic) bond motifs is 2. The van der Waals surface area contributed by atoms with E-state index in [4.69, 9.17) is 11.8 Å². The van der Waals surface area contributed by atoms with E-state index in [1.54, 1.807) is 0 Å². The molecule has 0 atom stereocenters. The van der Waals surface area contributed by atoms with Gasteiger partial charge in [0.2, 0.25) is 0 Å². The Morgan fingerprint density at radius 1 is 1.27 bits per heavy atom. The van der Waals surface area contributed by atoms with Crippen molar-refractivity contribution >= 4 is 40.7 Å². The van der Waals surface area contributed by atoms with Crippen LogP contribution in [0, 0.1) is 5.92 Å². The van der Waals surface area contributed by atoms with Crippen molar-refractivity contribution in [1.82, 2.24) is 0 Å². The van der Waals surface area contributed by atoms with Crippen LogP contribution in [0.15, 0.2) is 0 Å². The van der Waals surface area contributed by atoms with E-state index in [1.165, 1.54) is 32.1 Å². The molecule has 0 nitrogen and oxygen atoms in total. The zero-order chi connectivity index (χ0) is 8.11. The first-order chi connectivity index (χ1) is 5.04. The number of hydrogen-bond donors (Lipinski definition) is 2. The van der Waals surface area contributed by atoms with Crippen molar-refractivity contribution in [2.45, 2.75) is 37.3 Å². The third-order valence-corrected chi connectivity index (χ3v) is 8.90. The minimum Gasteiger partial charge on any atom is -0.131 e. The summed E-state index contributed by atoms with van der Waals surface area (Å²) in [6.45, 7) is 0. The average molecular weight is 224 g/mol. The number of thiol groups is 2. The van der Waals surface area contributed by atoms with Crippen molar-refractivity contribution < 1.29 is 0 Å². The smallest absolute Gasteiger partial charge is 0.0572 e. The third kappa shape index (κ3) is 1.33. The Bertz CT molecular complexity index is 212. The Morgan fingerprint density at radius 2 is 1.82 bits per heavy atom. The van der Waals surface area contributed by atoms with Gasteiger partial charge >= 0.3 is 0 Å². The molecule has 0 aromatic heterocycles. The van der Waals surface area contributed by atoms with E-state index in [2.05, 4.69) is 24.5 Å². The van der Waals surface area contributed by atoms with Gasteiger partial charge in [0.1, 0.15) is 0 Å². The van der Waals surface area contributed by atoms with Crippen molar-refractivity contribution in [3.05, 3.63) is 0 Å². The minimum absolute atomic E-state index is 0.402. The zero-order valence-corrected chi connectivity index (χ0v) is 9.86. The van der Waals surface area contributed by atoms with E-state index in [0.717, 1.165) is 5.92 Å². The van der Waals surface area contributed by atoms with Crippen LogP contribution in [0.5, 0.6) is 0 Å². The Balaban J connectivity index is 2.30. The van der Waals surface area contributed by atoms with Gasteiger partial charge in [-0.3, -0.25) is 0 Å². The fourth-order valence-electron chi connectivity index (χ4n) is 2.57. The summed E-state index contributed by atoms with van der Waals surface area (Å²) in [4.78, 5) is 0. The fourth-order valence-corrected chi connectivity index (χ4v) is 6.37. The van der Waals surface area contributed by atoms with Crippen LogP contribution in [0.1, 0.15) is 32.1 Å². The number of hydrogen-bond acceptors (Lipinski definition) is 1. The zero-order valence-electron chi connectivity index (χ0n) is 6.36. The molecular weight excluding hydrogens is 211 g/mol. The summed E-state index contributed by atoms with van der Waals surface area (Å²) in [6, 6.07) is 0. The van der Waals surface area contributed by atoms with Crippen LogP contribution in [0.2, 0.25) is 0 Å². The van der Waals surface area contributed by atoms with E-state index < -0.39 is 4.44 Å². The molecule has 0 unspecified atom stereocenters. The molecule has 0 N–H and O–H groups in total. The molecule has 4 heteroatoms. The normalized spacial score (nSPS) is 43.3. The minimum atomic E-state index is -1.58. The van der Waals surface area contributed by atoms with Crippen LogP contribution in [0.25, 0.3) is 0 Å². The highest BCUT2D eigenvalue weighted by Gasteiger charge is 2.50. The summed E-state index contributed by atoms with van der Waals surface area (Å²) in [5.74, 6) is 0.969. The Labute approximate surface area is 83.8 Å². The molecule has 0 aromatic rings. The lowest BCUT2D eigenvalue weighted by Crippen LogP contribution is -2.17. The lowest BCUT2D eigenvalue weighted by molar-refractivity contribution is 0.499. The maximum Gasteiger partial charge on any atom is 0.0572 e. The van der Waals surface area contributed by atoms with Gasteiger partial charge in [-0.1, -0.05) is 11.8 Å². The standard InChI is InChI=1S/C7H13PS3/c9-8(10,11)7-3-1-6(5-7)2-4-7/h6H,1-5H2,(H2,9,10,11). The van der Waals surface area contributed by atoms with Crippen molar-refractivity contribution in [2.24, 2.45) is 5.92 Å². The molecule has 2 fully saturated rings. The highest BCUT2D eigenvalue weighted by atomic mass is 33.2. The molecule has 2 aliphatic rings. The lowest BCUT2D eigenvalue weighted by atomic mass is 10.0. The molecule has 0 aliphatic heterocycles. The van der Waals surface area contributed by atoms with Crippen molar-refractivity contribution in [3.8, 4) is 0 Å². The summed E-state index contributed by atoms with van der Waals surface area (Å²) in [5.41, 5.74) is 0. The molecule has 0 amide bonds. The van der Waals surface area contributed by atoms with E-state index in [1.807, 2.05) is 0 Å². The predicted molar refractivity (Wildman–Crippen MR) is 61.6 cm³/mol. The largest absolute Gasteiger partial charge is 0.131 e. The third-order valence-electron chi connectivity index (χ3n) is 3.32. The van der Waals surface area contributed by atoms with Crippen LogP contribution in [0.4, 0.5) is 0 Å². The molecule has 11 heavy (non-hydrogen) atoms. The van der Waals surface area contributed by atoms with Gasteiger partial charge in [-0.05, 0) is 38.0 Å². The van der Waals surface area contributed by atoms with E-state index in [0.29, 0.717) is 5.16 Å². The van der Waals surface area contributed by atoms with Gasteiger partial charge < -0.3 is 0 Å². The summed E-state index contributed by atoms with van der Waals surface area (Å²) in [7, 11) is 0. The van der Waals surface area contributed by atoms with E-state index in [9.17, 15) is 0 Å². The van der Waals surface area contributed by atoms with Gasteiger partial charge in [-0.25, -0.2) is 0 Å². The molecule has 2 rings (SSSR count). The molecule has 0 radical (unpaired) electrons. The van der Waals surface area contributed by atoms with Gasteiger partial charge in [0, 0.05) is 5.16 Å². The first-order valence-electron chi connectivity index (χ1n) is 4.09. The van der Waals surface area contributed by atoms with Crippen LogP contribution >= 0.6 is 28.9 Å². The maximum atomic E-state index is 5.42. The molecule has 2 aliphatic carbocycles. The highest BCUT2D eigenvalue weighted by Crippen LogP contribution is 2.76. The molecular formula is C7H13PS3. The molecule has 64 valence electrons.